The van der Waals surface area contributed by atoms with E-state index in [2.05, 4.69) is 48.9 Å². The Hall–Kier alpha value is -1.35. The first-order chi connectivity index (χ1) is 12.6. The number of hydrogen-bond acceptors (Lipinski definition) is 2. The molecule has 0 aromatic heterocycles. The van der Waals surface area contributed by atoms with E-state index in [0.29, 0.717) is 24.3 Å². The van der Waals surface area contributed by atoms with Gasteiger partial charge >= 0.3 is 0 Å². The highest BCUT2D eigenvalue weighted by atomic mass is 16.2. The largest absolute Gasteiger partial charge is 0.308 e. The predicted octanol–water partition coefficient (Wildman–Crippen LogP) is 5.27. The first-order valence-electron chi connectivity index (χ1n) is 10.7. The number of carbonyl (C=O) groups excluding carboxylic acids is 1. The summed E-state index contributed by atoms with van der Waals surface area (Å²) < 4.78 is 0. The van der Waals surface area contributed by atoms with E-state index in [1.807, 2.05) is 0 Å². The zero-order valence-electron chi connectivity index (χ0n) is 17.0. The Morgan fingerprint density at radius 2 is 1.85 bits per heavy atom. The third-order valence-corrected chi connectivity index (χ3v) is 6.22. The molecule has 0 saturated carbocycles. The molecule has 0 spiro atoms. The molecule has 0 bridgehead atoms. The summed E-state index contributed by atoms with van der Waals surface area (Å²) in [6, 6.07) is 7.03. The lowest BCUT2D eigenvalue weighted by Crippen LogP contribution is -2.47. The number of amides is 1. The van der Waals surface area contributed by atoms with Crippen LogP contribution < -0.4 is 4.90 Å². The van der Waals surface area contributed by atoms with Crippen LogP contribution in [0.1, 0.15) is 81.8 Å². The fourth-order valence-electron chi connectivity index (χ4n) is 4.76. The Bertz CT molecular complexity index is 612. The highest BCUT2D eigenvalue weighted by Gasteiger charge is 2.43. The minimum atomic E-state index is 0.348. The molecule has 3 rings (SSSR count). The highest BCUT2D eigenvalue weighted by molar-refractivity contribution is 5.96. The maximum absolute atomic E-state index is 13.1. The van der Waals surface area contributed by atoms with E-state index >= 15 is 0 Å². The third-order valence-electron chi connectivity index (χ3n) is 6.22. The molecule has 0 N–H and O–H groups in total. The second kappa shape index (κ2) is 9.03. The Balaban J connectivity index is 1.60. The van der Waals surface area contributed by atoms with Gasteiger partial charge in [0.25, 0.3) is 0 Å². The van der Waals surface area contributed by atoms with Crippen LogP contribution in [-0.4, -0.2) is 37.0 Å². The van der Waals surface area contributed by atoms with E-state index in [9.17, 15) is 4.79 Å². The Morgan fingerprint density at radius 3 is 2.62 bits per heavy atom. The average Bonchev–Trinajstić information content (AvgIpc) is 2.94. The number of hydrogen-bond donors (Lipinski definition) is 0. The van der Waals surface area contributed by atoms with Crippen molar-refractivity contribution in [3.63, 3.8) is 0 Å². The summed E-state index contributed by atoms with van der Waals surface area (Å²) in [5, 5.41) is 0. The number of aryl methyl sites for hydroxylation is 1. The van der Waals surface area contributed by atoms with Crippen molar-refractivity contribution in [3.8, 4) is 0 Å². The number of rotatable bonds is 8. The summed E-state index contributed by atoms with van der Waals surface area (Å²) in [7, 11) is 2.20. The lowest BCUT2D eigenvalue weighted by atomic mass is 9.89. The summed E-state index contributed by atoms with van der Waals surface area (Å²) in [5.74, 6) is 0.836. The zero-order chi connectivity index (χ0) is 18.5. The molecule has 1 aromatic rings. The average molecular weight is 357 g/mol. The number of likely N-dealkylation sites (N-methyl/N-ethyl adjacent to an activating group) is 1. The topological polar surface area (TPSA) is 23.6 Å². The van der Waals surface area contributed by atoms with Gasteiger partial charge < -0.3 is 9.80 Å². The number of likely N-dealkylation sites (tertiary alicyclic amines) is 1. The quantitative estimate of drug-likeness (QED) is 0.592. The number of fused-ring (bicyclic) bond motifs is 3. The normalized spacial score (nSPS) is 22.3. The van der Waals surface area contributed by atoms with E-state index in [0.717, 1.165) is 25.9 Å². The van der Waals surface area contributed by atoms with Crippen molar-refractivity contribution < 1.29 is 4.79 Å². The van der Waals surface area contributed by atoms with Crippen LogP contribution in [-0.2, 0) is 4.79 Å². The minimum absolute atomic E-state index is 0.348. The molecular formula is C23H36N2O. The van der Waals surface area contributed by atoms with Gasteiger partial charge in [0.1, 0.15) is 0 Å². The van der Waals surface area contributed by atoms with Crippen LogP contribution >= 0.6 is 0 Å². The van der Waals surface area contributed by atoms with Gasteiger partial charge in [-0.1, -0.05) is 63.1 Å². The maximum atomic E-state index is 13.1. The van der Waals surface area contributed by atoms with Crippen molar-refractivity contribution >= 4 is 11.6 Å². The molecule has 0 unspecified atom stereocenters. The summed E-state index contributed by atoms with van der Waals surface area (Å²) in [6.07, 6.45) is 10.6. The molecule has 1 aromatic carbocycles. The smallest absolute Gasteiger partial charge is 0.227 e. The van der Waals surface area contributed by atoms with Gasteiger partial charge in [0, 0.05) is 30.6 Å². The van der Waals surface area contributed by atoms with Crippen LogP contribution in [0.25, 0.3) is 0 Å². The first kappa shape index (κ1) is 19.4. The second-order valence-corrected chi connectivity index (χ2v) is 8.42. The number of benzene rings is 1. The molecule has 26 heavy (non-hydrogen) atoms. The number of carbonyl (C=O) groups is 1. The molecule has 3 heteroatoms. The van der Waals surface area contributed by atoms with E-state index in [-0.39, 0.29) is 0 Å². The SMILES string of the molecule is CCCCCCCCCC(=O)N1c2ccc(C)cc2[C@@H]2CN(C)CC[C@@H]21. The van der Waals surface area contributed by atoms with Crippen molar-refractivity contribution in [2.75, 3.05) is 25.0 Å². The fourth-order valence-corrected chi connectivity index (χ4v) is 4.76. The highest BCUT2D eigenvalue weighted by Crippen LogP contribution is 2.45. The van der Waals surface area contributed by atoms with Crippen LogP contribution in [0.2, 0.25) is 0 Å². The standard InChI is InChI=1S/C23H36N2O/c1-4-5-6-7-8-9-10-11-23(26)25-21-13-12-18(2)16-19(21)20-17-24(3)15-14-22(20)25/h12-13,16,20,22H,4-11,14-15,17H2,1-3H3/t20-,22-/m0/s1. The molecule has 0 radical (unpaired) electrons. The number of unbranched alkanes of at least 4 members (excludes halogenated alkanes) is 6. The number of piperidine rings is 1. The maximum Gasteiger partial charge on any atom is 0.227 e. The lowest BCUT2D eigenvalue weighted by Gasteiger charge is -2.36. The van der Waals surface area contributed by atoms with E-state index in [1.54, 1.807) is 0 Å². The van der Waals surface area contributed by atoms with Crippen LogP contribution in [0.5, 0.6) is 0 Å². The van der Waals surface area contributed by atoms with Gasteiger partial charge in [-0.2, -0.15) is 0 Å². The van der Waals surface area contributed by atoms with Crippen molar-refractivity contribution in [1.82, 2.24) is 4.90 Å². The molecular weight excluding hydrogens is 320 g/mol. The van der Waals surface area contributed by atoms with E-state index in [4.69, 9.17) is 0 Å². The van der Waals surface area contributed by atoms with Crippen LogP contribution in [0.15, 0.2) is 18.2 Å². The van der Waals surface area contributed by atoms with Crippen molar-refractivity contribution in [1.29, 1.82) is 0 Å². The Kier molecular flexibility index (Phi) is 6.74. The molecule has 0 aliphatic carbocycles. The Morgan fingerprint density at radius 1 is 1.12 bits per heavy atom. The van der Waals surface area contributed by atoms with Gasteiger partial charge in [-0.15, -0.1) is 0 Å². The first-order valence-corrected chi connectivity index (χ1v) is 10.7. The Labute approximate surface area is 159 Å². The summed E-state index contributed by atoms with van der Waals surface area (Å²) in [5.41, 5.74) is 3.89. The van der Waals surface area contributed by atoms with Gasteiger partial charge in [-0.3, -0.25) is 4.79 Å². The molecule has 1 saturated heterocycles. The van der Waals surface area contributed by atoms with Gasteiger partial charge in [0.05, 0.1) is 0 Å². The van der Waals surface area contributed by atoms with Crippen LogP contribution in [0.4, 0.5) is 5.69 Å². The van der Waals surface area contributed by atoms with Crippen molar-refractivity contribution in [2.45, 2.75) is 83.6 Å². The lowest BCUT2D eigenvalue weighted by molar-refractivity contribution is -0.119. The fraction of sp³-hybridized carbons (Fsp3) is 0.696. The number of nitrogens with zero attached hydrogens (tertiary/aromatic N) is 2. The second-order valence-electron chi connectivity index (χ2n) is 8.42. The summed E-state index contributed by atoms with van der Waals surface area (Å²) in [4.78, 5) is 17.7. The summed E-state index contributed by atoms with van der Waals surface area (Å²) >= 11 is 0. The van der Waals surface area contributed by atoms with Crippen molar-refractivity contribution in [2.24, 2.45) is 0 Å². The predicted molar refractivity (Wildman–Crippen MR) is 110 cm³/mol. The van der Waals surface area contributed by atoms with E-state index < -0.39 is 0 Å². The third kappa shape index (κ3) is 4.31. The summed E-state index contributed by atoms with van der Waals surface area (Å²) in [6.45, 7) is 6.58. The van der Waals surface area contributed by atoms with Gasteiger partial charge in [-0.25, -0.2) is 0 Å². The van der Waals surface area contributed by atoms with Crippen LogP contribution in [0, 0.1) is 6.92 Å². The van der Waals surface area contributed by atoms with Gasteiger partial charge in [0.2, 0.25) is 5.91 Å². The number of anilines is 1. The molecule has 3 nitrogen and oxygen atoms in total. The molecule has 1 fully saturated rings. The zero-order valence-corrected chi connectivity index (χ0v) is 17.0. The molecule has 2 atom stereocenters. The monoisotopic (exact) mass is 356 g/mol. The van der Waals surface area contributed by atoms with E-state index in [1.165, 1.54) is 55.3 Å². The minimum Gasteiger partial charge on any atom is -0.308 e. The van der Waals surface area contributed by atoms with Gasteiger partial charge in [0.15, 0.2) is 0 Å². The van der Waals surface area contributed by atoms with Gasteiger partial charge in [-0.05, 0) is 45.0 Å². The van der Waals surface area contributed by atoms with Crippen LogP contribution in [0.3, 0.4) is 0 Å². The molecule has 1 amide bonds. The molecule has 2 aliphatic heterocycles. The molecule has 2 aliphatic rings. The van der Waals surface area contributed by atoms with Crippen molar-refractivity contribution in [3.05, 3.63) is 29.3 Å². The molecule has 144 valence electrons. The molecule has 2 heterocycles.